The van der Waals surface area contributed by atoms with E-state index in [4.69, 9.17) is 10.5 Å². The molecule has 20 heavy (non-hydrogen) atoms. The van der Waals surface area contributed by atoms with E-state index in [0.29, 0.717) is 24.3 Å². The van der Waals surface area contributed by atoms with Gasteiger partial charge in [0, 0.05) is 12.6 Å². The molecule has 0 radical (unpaired) electrons. The van der Waals surface area contributed by atoms with E-state index >= 15 is 0 Å². The van der Waals surface area contributed by atoms with Gasteiger partial charge in [-0.1, -0.05) is 6.92 Å². The third-order valence-corrected chi connectivity index (χ3v) is 2.79. The van der Waals surface area contributed by atoms with E-state index in [1.807, 2.05) is 13.8 Å². The highest BCUT2D eigenvalue weighted by Gasteiger charge is 2.16. The Morgan fingerprint density at radius 1 is 1.45 bits per heavy atom. The highest BCUT2D eigenvalue weighted by molar-refractivity contribution is 5.80. The van der Waals surface area contributed by atoms with Crippen molar-refractivity contribution in [1.29, 1.82) is 0 Å². The quantitative estimate of drug-likeness (QED) is 0.804. The monoisotopic (exact) mass is 282 g/mol. The molecule has 0 bridgehead atoms. The first-order chi connectivity index (χ1) is 9.43. The van der Waals surface area contributed by atoms with Crippen LogP contribution < -0.4 is 15.8 Å². The fourth-order valence-electron chi connectivity index (χ4n) is 1.81. The second-order valence-corrected chi connectivity index (χ2v) is 4.98. The molecule has 2 unspecified atom stereocenters. The van der Waals surface area contributed by atoms with Crippen molar-refractivity contribution in [2.45, 2.75) is 45.8 Å². The van der Waals surface area contributed by atoms with Crippen molar-refractivity contribution in [3.8, 4) is 5.75 Å². The highest BCUT2D eigenvalue weighted by Crippen LogP contribution is 2.22. The SMILES string of the molecule is CCCNC(=O)C(C)Oc1ccc(F)cc1CC(C)N. The summed E-state index contributed by atoms with van der Waals surface area (Å²) in [7, 11) is 0. The average molecular weight is 282 g/mol. The number of carbonyl (C=O) groups excluding carboxylic acids is 1. The van der Waals surface area contributed by atoms with Gasteiger partial charge in [-0.2, -0.15) is 0 Å². The minimum atomic E-state index is -0.626. The molecule has 0 aliphatic heterocycles. The molecule has 1 amide bonds. The van der Waals surface area contributed by atoms with E-state index in [1.54, 1.807) is 6.92 Å². The third-order valence-electron chi connectivity index (χ3n) is 2.79. The van der Waals surface area contributed by atoms with Crippen LogP contribution in [0.4, 0.5) is 4.39 Å². The zero-order valence-electron chi connectivity index (χ0n) is 12.3. The standard InChI is InChI=1S/C15H23FN2O2/c1-4-7-18-15(19)11(3)20-14-6-5-13(16)9-12(14)8-10(2)17/h5-6,9-11H,4,7-8,17H2,1-3H3,(H,18,19). The maximum absolute atomic E-state index is 13.3. The van der Waals surface area contributed by atoms with Crippen molar-refractivity contribution in [2.24, 2.45) is 5.73 Å². The number of rotatable bonds is 7. The summed E-state index contributed by atoms with van der Waals surface area (Å²) in [6.07, 6.45) is 0.736. The molecule has 0 saturated heterocycles. The zero-order chi connectivity index (χ0) is 15.1. The maximum Gasteiger partial charge on any atom is 0.260 e. The van der Waals surface area contributed by atoms with Gasteiger partial charge >= 0.3 is 0 Å². The average Bonchev–Trinajstić information content (AvgIpc) is 2.38. The smallest absolute Gasteiger partial charge is 0.260 e. The van der Waals surface area contributed by atoms with Gasteiger partial charge in [0.05, 0.1) is 0 Å². The van der Waals surface area contributed by atoms with Gasteiger partial charge < -0.3 is 15.8 Å². The molecule has 5 heteroatoms. The molecular weight excluding hydrogens is 259 g/mol. The Morgan fingerprint density at radius 3 is 2.75 bits per heavy atom. The van der Waals surface area contributed by atoms with Gasteiger partial charge in [0.25, 0.3) is 5.91 Å². The summed E-state index contributed by atoms with van der Waals surface area (Å²) in [5, 5.41) is 2.76. The predicted octanol–water partition coefficient (Wildman–Crippen LogP) is 2.01. The van der Waals surface area contributed by atoms with Crippen molar-refractivity contribution in [1.82, 2.24) is 5.32 Å². The summed E-state index contributed by atoms with van der Waals surface area (Å²) in [5.74, 6) is -0.0122. The van der Waals surface area contributed by atoms with Gasteiger partial charge in [-0.15, -0.1) is 0 Å². The topological polar surface area (TPSA) is 64.3 Å². The van der Waals surface area contributed by atoms with E-state index < -0.39 is 6.10 Å². The molecule has 1 rings (SSSR count). The molecular formula is C15H23FN2O2. The number of amides is 1. The molecule has 0 fully saturated rings. The maximum atomic E-state index is 13.3. The van der Waals surface area contributed by atoms with Gasteiger partial charge in [-0.3, -0.25) is 4.79 Å². The minimum absolute atomic E-state index is 0.108. The van der Waals surface area contributed by atoms with Crippen LogP contribution in [0.2, 0.25) is 0 Å². The van der Waals surface area contributed by atoms with Crippen molar-refractivity contribution < 1.29 is 13.9 Å². The molecule has 0 aromatic heterocycles. The number of hydrogen-bond acceptors (Lipinski definition) is 3. The van der Waals surface area contributed by atoms with Crippen LogP contribution in [0.1, 0.15) is 32.8 Å². The van der Waals surface area contributed by atoms with Crippen LogP contribution in [-0.4, -0.2) is 24.6 Å². The summed E-state index contributed by atoms with van der Waals surface area (Å²) in [6.45, 7) is 6.10. The van der Waals surface area contributed by atoms with Gasteiger partial charge in [-0.25, -0.2) is 4.39 Å². The molecule has 1 aromatic carbocycles. The first kappa shape index (κ1) is 16.4. The van der Waals surface area contributed by atoms with Crippen molar-refractivity contribution >= 4 is 5.91 Å². The molecule has 0 aliphatic carbocycles. The number of halogens is 1. The Hall–Kier alpha value is -1.62. The van der Waals surface area contributed by atoms with E-state index in [0.717, 1.165) is 6.42 Å². The lowest BCUT2D eigenvalue weighted by atomic mass is 10.1. The Morgan fingerprint density at radius 2 is 2.15 bits per heavy atom. The fourth-order valence-corrected chi connectivity index (χ4v) is 1.81. The molecule has 0 heterocycles. The molecule has 1 aromatic rings. The first-order valence-electron chi connectivity index (χ1n) is 6.92. The minimum Gasteiger partial charge on any atom is -0.481 e. The Kier molecular flexibility index (Phi) is 6.45. The zero-order valence-corrected chi connectivity index (χ0v) is 12.3. The van der Waals surface area contributed by atoms with Gasteiger partial charge in [0.2, 0.25) is 0 Å². The Balaban J connectivity index is 2.77. The van der Waals surface area contributed by atoms with Crippen molar-refractivity contribution in [2.75, 3.05) is 6.54 Å². The lowest BCUT2D eigenvalue weighted by Gasteiger charge is -2.18. The third kappa shape index (κ3) is 5.17. The van der Waals surface area contributed by atoms with Crippen LogP contribution in [0.5, 0.6) is 5.75 Å². The largest absolute Gasteiger partial charge is 0.481 e. The van der Waals surface area contributed by atoms with Crippen LogP contribution in [-0.2, 0) is 11.2 Å². The second kappa shape index (κ2) is 7.85. The number of nitrogens with one attached hydrogen (secondary N) is 1. The molecule has 2 atom stereocenters. The van der Waals surface area contributed by atoms with E-state index in [9.17, 15) is 9.18 Å². The predicted molar refractivity (Wildman–Crippen MR) is 77.1 cm³/mol. The Bertz CT molecular complexity index is 449. The molecule has 3 N–H and O–H groups in total. The summed E-state index contributed by atoms with van der Waals surface area (Å²) in [6, 6.07) is 4.14. The fraction of sp³-hybridized carbons (Fsp3) is 0.533. The van der Waals surface area contributed by atoms with Crippen LogP contribution in [0.25, 0.3) is 0 Å². The number of benzene rings is 1. The molecule has 0 spiro atoms. The first-order valence-corrected chi connectivity index (χ1v) is 6.92. The lowest BCUT2D eigenvalue weighted by molar-refractivity contribution is -0.127. The number of nitrogens with two attached hydrogens (primary N) is 1. The number of ether oxygens (including phenoxy) is 1. The summed E-state index contributed by atoms with van der Waals surface area (Å²) >= 11 is 0. The van der Waals surface area contributed by atoms with E-state index in [1.165, 1.54) is 18.2 Å². The van der Waals surface area contributed by atoms with Crippen molar-refractivity contribution in [3.05, 3.63) is 29.6 Å². The number of carbonyl (C=O) groups is 1. The second-order valence-electron chi connectivity index (χ2n) is 4.98. The van der Waals surface area contributed by atoms with Gasteiger partial charge in [0.1, 0.15) is 11.6 Å². The van der Waals surface area contributed by atoms with Crippen LogP contribution in [0.3, 0.4) is 0 Å². The van der Waals surface area contributed by atoms with Crippen LogP contribution in [0.15, 0.2) is 18.2 Å². The molecule has 0 saturated carbocycles. The van der Waals surface area contributed by atoms with Crippen molar-refractivity contribution in [3.63, 3.8) is 0 Å². The van der Waals surface area contributed by atoms with Crippen LogP contribution >= 0.6 is 0 Å². The molecule has 112 valence electrons. The summed E-state index contributed by atoms with van der Waals surface area (Å²) in [5.41, 5.74) is 6.42. The summed E-state index contributed by atoms with van der Waals surface area (Å²) in [4.78, 5) is 11.8. The van der Waals surface area contributed by atoms with Crippen LogP contribution in [0, 0.1) is 5.82 Å². The lowest BCUT2D eigenvalue weighted by Crippen LogP contribution is -2.36. The summed E-state index contributed by atoms with van der Waals surface area (Å²) < 4.78 is 18.9. The Labute approximate surface area is 119 Å². The van der Waals surface area contributed by atoms with E-state index in [-0.39, 0.29) is 17.8 Å². The highest BCUT2D eigenvalue weighted by atomic mass is 19.1. The number of hydrogen-bond donors (Lipinski definition) is 2. The van der Waals surface area contributed by atoms with E-state index in [2.05, 4.69) is 5.32 Å². The normalized spacial score (nSPS) is 13.7. The molecule has 4 nitrogen and oxygen atoms in total. The van der Waals surface area contributed by atoms with Gasteiger partial charge in [-0.05, 0) is 50.5 Å². The molecule has 0 aliphatic rings. The van der Waals surface area contributed by atoms with Gasteiger partial charge in [0.15, 0.2) is 6.10 Å².